The number of fused-ring (bicyclic) bond motifs is 2. The van der Waals surface area contributed by atoms with Gasteiger partial charge in [0.2, 0.25) is 0 Å². The van der Waals surface area contributed by atoms with Crippen LogP contribution >= 0.6 is 0 Å². The Morgan fingerprint density at radius 1 is 1.18 bits per heavy atom. The van der Waals surface area contributed by atoms with Gasteiger partial charge in [0.15, 0.2) is 5.60 Å². The van der Waals surface area contributed by atoms with E-state index in [9.17, 15) is 28.6 Å². The zero-order valence-electron chi connectivity index (χ0n) is 18.7. The highest BCUT2D eigenvalue weighted by molar-refractivity contribution is 5.91. The molecule has 1 aliphatic carbocycles. The summed E-state index contributed by atoms with van der Waals surface area (Å²) in [5.74, 6) is -0.344. The van der Waals surface area contributed by atoms with Gasteiger partial charge in [-0.3, -0.25) is 4.98 Å². The zero-order valence-corrected chi connectivity index (χ0v) is 18.7. The number of hydrogen-bond donors (Lipinski definition) is 3. The van der Waals surface area contributed by atoms with E-state index in [0.29, 0.717) is 22.2 Å². The molecule has 0 amide bonds. The van der Waals surface area contributed by atoms with E-state index in [1.807, 2.05) is 13.0 Å². The van der Waals surface area contributed by atoms with E-state index in [0.717, 1.165) is 5.69 Å². The van der Waals surface area contributed by atoms with Gasteiger partial charge in [-0.15, -0.1) is 0 Å². The Hall–Kier alpha value is -3.31. The summed E-state index contributed by atoms with van der Waals surface area (Å²) in [4.78, 5) is 4.43. The third kappa shape index (κ3) is 3.47. The molecule has 2 atom stereocenters. The van der Waals surface area contributed by atoms with Crippen LogP contribution in [-0.2, 0) is 5.41 Å². The van der Waals surface area contributed by atoms with Gasteiger partial charge < -0.3 is 15.5 Å². The normalized spacial score (nSPS) is 22.0. The molecule has 2 aromatic carbocycles. The van der Waals surface area contributed by atoms with Crippen LogP contribution in [0.2, 0.25) is 0 Å². The molecule has 4 rings (SSSR count). The molecule has 1 aromatic heterocycles. The lowest BCUT2D eigenvalue weighted by Gasteiger charge is -2.49. The van der Waals surface area contributed by atoms with Crippen LogP contribution in [0.4, 0.5) is 18.9 Å². The zero-order chi connectivity index (χ0) is 24.3. The summed E-state index contributed by atoms with van der Waals surface area (Å²) in [7, 11) is 0. The summed E-state index contributed by atoms with van der Waals surface area (Å²) in [6.45, 7) is 6.42. The number of aromatic hydroxyl groups is 1. The van der Waals surface area contributed by atoms with Gasteiger partial charge in [-0.1, -0.05) is 26.0 Å². The number of nitriles is 1. The highest BCUT2D eigenvalue weighted by atomic mass is 19.4. The number of aryl methyl sites for hydroxylation is 2. The van der Waals surface area contributed by atoms with E-state index in [4.69, 9.17) is 0 Å². The standard InChI is InChI=1S/C25H24F3N3O2/c1-13-10-16-20(21(32)17(13)11-29)23(3,4)12-24(33,25(26,27)28)22(16)31-19-7-5-6-18-15(19)9-8-14(2)30-18/h5-10,22,31-33H,12H2,1-4H3. The Morgan fingerprint density at radius 3 is 2.52 bits per heavy atom. The Labute approximate surface area is 189 Å². The lowest BCUT2D eigenvalue weighted by molar-refractivity contribution is -0.275. The van der Waals surface area contributed by atoms with Crippen molar-refractivity contribution >= 4 is 16.6 Å². The maximum atomic E-state index is 14.4. The molecule has 3 aromatic rings. The van der Waals surface area contributed by atoms with Crippen LogP contribution in [0.15, 0.2) is 36.4 Å². The maximum absolute atomic E-state index is 14.4. The first-order valence-electron chi connectivity index (χ1n) is 10.5. The Kier molecular flexibility index (Phi) is 5.10. The first-order chi connectivity index (χ1) is 15.3. The number of phenolic OH excluding ortho intramolecular Hbond substituents is 1. The van der Waals surface area contributed by atoms with Gasteiger partial charge in [0, 0.05) is 22.3 Å². The molecule has 0 spiro atoms. The van der Waals surface area contributed by atoms with Crippen LogP contribution in [0.25, 0.3) is 10.9 Å². The molecule has 3 N–H and O–H groups in total. The summed E-state index contributed by atoms with van der Waals surface area (Å²) in [5.41, 5.74) is -1.95. The maximum Gasteiger partial charge on any atom is 0.419 e. The minimum atomic E-state index is -4.96. The fraction of sp³-hybridized carbons (Fsp3) is 0.360. The van der Waals surface area contributed by atoms with Gasteiger partial charge in [0.25, 0.3) is 0 Å². The van der Waals surface area contributed by atoms with Crippen LogP contribution in [-0.4, -0.2) is 27.0 Å². The summed E-state index contributed by atoms with van der Waals surface area (Å²) < 4.78 is 43.2. The van der Waals surface area contributed by atoms with Crippen molar-refractivity contribution in [1.82, 2.24) is 4.98 Å². The number of hydrogen-bond acceptors (Lipinski definition) is 5. The number of anilines is 1. The van der Waals surface area contributed by atoms with Gasteiger partial charge >= 0.3 is 6.18 Å². The number of pyridine rings is 1. The second-order valence-corrected chi connectivity index (χ2v) is 9.38. The molecule has 5 nitrogen and oxygen atoms in total. The molecule has 0 saturated heterocycles. The fourth-order valence-electron chi connectivity index (χ4n) is 5.03. The van der Waals surface area contributed by atoms with Crippen molar-refractivity contribution in [3.8, 4) is 11.8 Å². The number of rotatable bonds is 2. The number of nitrogens with zero attached hydrogens (tertiary/aromatic N) is 2. The Bertz CT molecular complexity index is 1310. The molecule has 0 fully saturated rings. The van der Waals surface area contributed by atoms with Crippen molar-refractivity contribution in [1.29, 1.82) is 5.26 Å². The number of nitrogens with one attached hydrogen (secondary N) is 1. The van der Waals surface area contributed by atoms with Crippen molar-refractivity contribution in [2.45, 2.75) is 57.3 Å². The smallest absolute Gasteiger partial charge is 0.419 e. The van der Waals surface area contributed by atoms with Crippen LogP contribution < -0.4 is 5.32 Å². The molecule has 0 radical (unpaired) electrons. The van der Waals surface area contributed by atoms with Crippen molar-refractivity contribution in [2.24, 2.45) is 0 Å². The van der Waals surface area contributed by atoms with Crippen LogP contribution in [0.5, 0.6) is 5.75 Å². The summed E-state index contributed by atoms with van der Waals surface area (Å²) in [6.07, 6.45) is -5.66. The molecule has 0 bridgehead atoms. The van der Waals surface area contributed by atoms with Gasteiger partial charge in [0.1, 0.15) is 11.8 Å². The monoisotopic (exact) mass is 455 g/mol. The van der Waals surface area contributed by atoms with Crippen LogP contribution in [0, 0.1) is 25.2 Å². The minimum Gasteiger partial charge on any atom is -0.506 e. The first-order valence-corrected chi connectivity index (χ1v) is 10.5. The fourth-order valence-corrected chi connectivity index (χ4v) is 5.03. The van der Waals surface area contributed by atoms with Crippen molar-refractivity contribution in [3.63, 3.8) is 0 Å². The topological polar surface area (TPSA) is 89.2 Å². The van der Waals surface area contributed by atoms with Gasteiger partial charge in [0.05, 0.1) is 17.1 Å². The highest BCUT2D eigenvalue weighted by Crippen LogP contribution is 2.57. The van der Waals surface area contributed by atoms with Gasteiger partial charge in [-0.05, 0) is 61.1 Å². The van der Waals surface area contributed by atoms with E-state index in [1.54, 1.807) is 37.3 Å². The number of alkyl halides is 3. The lowest BCUT2D eigenvalue weighted by Crippen LogP contribution is -2.58. The molecule has 1 aliphatic rings. The average molecular weight is 455 g/mol. The quantitative estimate of drug-likeness (QED) is 0.471. The minimum absolute atomic E-state index is 0.0165. The Balaban J connectivity index is 2.00. The molecule has 0 aliphatic heterocycles. The summed E-state index contributed by atoms with van der Waals surface area (Å²) in [6, 6.07) is 10.4. The number of aromatic nitrogens is 1. The van der Waals surface area contributed by atoms with E-state index in [1.165, 1.54) is 19.9 Å². The Morgan fingerprint density at radius 2 is 1.88 bits per heavy atom. The molecule has 0 saturated carbocycles. The summed E-state index contributed by atoms with van der Waals surface area (Å²) >= 11 is 0. The molecule has 33 heavy (non-hydrogen) atoms. The second-order valence-electron chi connectivity index (χ2n) is 9.38. The number of phenols is 1. The first kappa shape index (κ1) is 22.9. The van der Waals surface area contributed by atoms with Gasteiger partial charge in [-0.2, -0.15) is 18.4 Å². The van der Waals surface area contributed by atoms with Gasteiger partial charge in [-0.25, -0.2) is 0 Å². The molecular weight excluding hydrogens is 431 g/mol. The van der Waals surface area contributed by atoms with E-state index in [2.05, 4.69) is 10.3 Å². The van der Waals surface area contributed by atoms with E-state index >= 15 is 0 Å². The summed E-state index contributed by atoms with van der Waals surface area (Å²) in [5, 5.41) is 35.1. The predicted molar refractivity (Wildman–Crippen MR) is 119 cm³/mol. The van der Waals surface area contributed by atoms with Crippen molar-refractivity contribution in [2.75, 3.05) is 5.32 Å². The lowest BCUT2D eigenvalue weighted by atomic mass is 9.62. The highest BCUT2D eigenvalue weighted by Gasteiger charge is 2.64. The number of benzene rings is 2. The van der Waals surface area contributed by atoms with Crippen LogP contribution in [0.1, 0.15) is 54.3 Å². The molecule has 8 heteroatoms. The second kappa shape index (κ2) is 7.35. The largest absolute Gasteiger partial charge is 0.506 e. The number of aliphatic hydroxyl groups is 1. The van der Waals surface area contributed by atoms with E-state index in [-0.39, 0.29) is 22.4 Å². The molecule has 1 heterocycles. The molecule has 2 unspecified atom stereocenters. The number of halogens is 3. The third-order valence-electron chi connectivity index (χ3n) is 6.48. The predicted octanol–water partition coefficient (Wildman–Crippen LogP) is 5.56. The molecule has 172 valence electrons. The van der Waals surface area contributed by atoms with Crippen molar-refractivity contribution < 1.29 is 23.4 Å². The van der Waals surface area contributed by atoms with Crippen LogP contribution in [0.3, 0.4) is 0 Å². The third-order valence-corrected chi connectivity index (χ3v) is 6.48. The van der Waals surface area contributed by atoms with Crippen molar-refractivity contribution in [3.05, 3.63) is 64.3 Å². The average Bonchev–Trinajstić information content (AvgIpc) is 2.69. The molecular formula is C25H24F3N3O2. The van der Waals surface area contributed by atoms with E-state index < -0.39 is 29.7 Å². The SMILES string of the molecule is Cc1ccc2c(NC3c4cc(C)c(C#N)c(O)c4C(C)(C)CC3(O)C(F)(F)F)cccc2n1.